The first-order valence-corrected chi connectivity index (χ1v) is 5.10. The molecule has 0 amide bonds. The lowest BCUT2D eigenvalue weighted by atomic mass is 9.99. The number of nitrogens with two attached hydrogens (primary N) is 1. The van der Waals surface area contributed by atoms with Gasteiger partial charge in [0, 0.05) is 10.6 Å². The van der Waals surface area contributed by atoms with Crippen molar-refractivity contribution >= 4 is 17.6 Å². The van der Waals surface area contributed by atoms with Crippen molar-refractivity contribution in [2.75, 3.05) is 7.11 Å². The highest BCUT2D eigenvalue weighted by atomic mass is 35.5. The van der Waals surface area contributed by atoms with Crippen LogP contribution in [0.3, 0.4) is 0 Å². The van der Waals surface area contributed by atoms with Crippen LogP contribution in [-0.2, 0) is 4.79 Å². The molecule has 4 nitrogen and oxygen atoms in total. The molecule has 5 heteroatoms. The average molecular weight is 244 g/mol. The molecule has 0 aliphatic heterocycles. The summed E-state index contributed by atoms with van der Waals surface area (Å²) in [6, 6.07) is 0.411. The Morgan fingerprint density at radius 2 is 2.06 bits per heavy atom. The highest BCUT2D eigenvalue weighted by Crippen LogP contribution is 2.34. The molecule has 0 aliphatic rings. The smallest absolute Gasteiger partial charge is 0.325 e. The number of carbonyl (C=O) groups is 1. The highest BCUT2D eigenvalue weighted by Gasteiger charge is 2.22. The molecule has 0 spiro atoms. The van der Waals surface area contributed by atoms with E-state index in [0.29, 0.717) is 16.3 Å². The summed E-state index contributed by atoms with van der Waals surface area (Å²) in [6.07, 6.45) is 0. The van der Waals surface area contributed by atoms with Crippen LogP contribution in [0.5, 0.6) is 5.75 Å². The van der Waals surface area contributed by atoms with Gasteiger partial charge in [-0.2, -0.15) is 0 Å². The fourth-order valence-corrected chi connectivity index (χ4v) is 1.77. The van der Waals surface area contributed by atoms with E-state index in [9.17, 15) is 4.79 Å². The molecule has 0 heterocycles. The van der Waals surface area contributed by atoms with Crippen LogP contribution in [0.15, 0.2) is 6.07 Å². The summed E-state index contributed by atoms with van der Waals surface area (Å²) in [7, 11) is 1.48. The number of carboxylic acids is 1. The molecule has 3 N–H and O–H groups in total. The van der Waals surface area contributed by atoms with E-state index in [1.807, 2.05) is 13.8 Å². The fourth-order valence-electron chi connectivity index (χ4n) is 1.51. The van der Waals surface area contributed by atoms with Gasteiger partial charge in [-0.3, -0.25) is 4.79 Å². The molecule has 0 aliphatic carbocycles. The molecule has 1 unspecified atom stereocenters. The van der Waals surface area contributed by atoms with Crippen LogP contribution in [0.2, 0.25) is 5.02 Å². The minimum Gasteiger partial charge on any atom is -0.496 e. The van der Waals surface area contributed by atoms with E-state index >= 15 is 0 Å². The van der Waals surface area contributed by atoms with E-state index in [2.05, 4.69) is 0 Å². The maximum atomic E-state index is 10.9. The minimum atomic E-state index is -1.13. The predicted octanol–water partition coefficient (Wildman–Crippen LogP) is 2.05. The lowest BCUT2D eigenvalue weighted by Gasteiger charge is -2.17. The van der Waals surface area contributed by atoms with Crippen molar-refractivity contribution < 1.29 is 14.6 Å². The van der Waals surface area contributed by atoms with Gasteiger partial charge in [-0.05, 0) is 31.0 Å². The Bertz CT molecular complexity index is 432. The largest absolute Gasteiger partial charge is 0.496 e. The van der Waals surface area contributed by atoms with Crippen LogP contribution in [0.25, 0.3) is 0 Å². The predicted molar refractivity (Wildman–Crippen MR) is 62.0 cm³/mol. The number of aliphatic carboxylic acids is 1. The molecule has 0 saturated carbocycles. The molecule has 16 heavy (non-hydrogen) atoms. The van der Waals surface area contributed by atoms with Gasteiger partial charge in [0.1, 0.15) is 11.8 Å². The molecule has 1 atom stereocenters. The summed E-state index contributed by atoms with van der Waals surface area (Å²) in [6.45, 7) is 3.66. The van der Waals surface area contributed by atoms with E-state index in [0.717, 1.165) is 11.1 Å². The monoisotopic (exact) mass is 243 g/mol. The number of halogens is 1. The van der Waals surface area contributed by atoms with Gasteiger partial charge in [-0.25, -0.2) is 0 Å². The van der Waals surface area contributed by atoms with Gasteiger partial charge in [0.05, 0.1) is 7.11 Å². The molecular formula is C11H14ClNO3. The maximum Gasteiger partial charge on any atom is 0.325 e. The zero-order valence-electron chi connectivity index (χ0n) is 9.37. The summed E-state index contributed by atoms with van der Waals surface area (Å²) in [5, 5.41) is 9.37. The third-order valence-corrected chi connectivity index (χ3v) is 3.00. The number of methoxy groups -OCH3 is 1. The van der Waals surface area contributed by atoms with Crippen molar-refractivity contribution in [1.82, 2.24) is 0 Å². The topological polar surface area (TPSA) is 72.5 Å². The number of hydrogen-bond donors (Lipinski definition) is 2. The zero-order valence-corrected chi connectivity index (χ0v) is 10.1. The molecule has 0 fully saturated rings. The quantitative estimate of drug-likeness (QED) is 0.852. The normalized spacial score (nSPS) is 12.3. The van der Waals surface area contributed by atoms with Crippen molar-refractivity contribution in [3.63, 3.8) is 0 Å². The lowest BCUT2D eigenvalue weighted by molar-refractivity contribution is -0.138. The fraction of sp³-hybridized carbons (Fsp3) is 0.364. The standard InChI is InChI=1S/C11H14ClNO3/c1-5-6(2)10(16-3)7(4-8(5)12)9(13)11(14)15/h4,9H,13H2,1-3H3,(H,14,15). The molecule has 0 radical (unpaired) electrons. The van der Waals surface area contributed by atoms with E-state index in [1.165, 1.54) is 7.11 Å². The van der Waals surface area contributed by atoms with Crippen LogP contribution in [0, 0.1) is 13.8 Å². The molecule has 0 aromatic heterocycles. The maximum absolute atomic E-state index is 10.9. The molecular weight excluding hydrogens is 230 g/mol. The zero-order chi connectivity index (χ0) is 12.5. The SMILES string of the molecule is COc1c(C(N)C(=O)O)cc(Cl)c(C)c1C. The summed E-state index contributed by atoms with van der Waals surface area (Å²) in [4.78, 5) is 10.9. The van der Waals surface area contributed by atoms with Gasteiger partial charge in [0.15, 0.2) is 0 Å². The summed E-state index contributed by atoms with van der Waals surface area (Å²) in [5.41, 5.74) is 7.62. The van der Waals surface area contributed by atoms with Crippen LogP contribution in [0.1, 0.15) is 22.7 Å². The van der Waals surface area contributed by atoms with Crippen molar-refractivity contribution in [2.45, 2.75) is 19.9 Å². The Morgan fingerprint density at radius 3 is 2.50 bits per heavy atom. The number of benzene rings is 1. The van der Waals surface area contributed by atoms with Crippen molar-refractivity contribution in [3.05, 3.63) is 27.8 Å². The molecule has 88 valence electrons. The van der Waals surface area contributed by atoms with E-state index in [-0.39, 0.29) is 0 Å². The van der Waals surface area contributed by atoms with Crippen LogP contribution in [0.4, 0.5) is 0 Å². The lowest BCUT2D eigenvalue weighted by Crippen LogP contribution is -2.21. The first-order valence-electron chi connectivity index (χ1n) is 4.72. The average Bonchev–Trinajstić information content (AvgIpc) is 2.24. The van der Waals surface area contributed by atoms with Crippen molar-refractivity contribution in [2.24, 2.45) is 5.73 Å². The third kappa shape index (κ3) is 2.13. The molecule has 0 bridgehead atoms. The molecule has 0 saturated heterocycles. The second-order valence-electron chi connectivity index (χ2n) is 3.55. The number of hydrogen-bond acceptors (Lipinski definition) is 3. The van der Waals surface area contributed by atoms with Crippen LogP contribution >= 0.6 is 11.6 Å². The Morgan fingerprint density at radius 1 is 1.50 bits per heavy atom. The highest BCUT2D eigenvalue weighted by molar-refractivity contribution is 6.31. The number of carboxylic acid groups (broad SMARTS) is 1. The van der Waals surface area contributed by atoms with E-state index in [1.54, 1.807) is 6.07 Å². The summed E-state index contributed by atoms with van der Waals surface area (Å²) < 4.78 is 5.18. The minimum absolute atomic E-state index is 0.392. The number of rotatable bonds is 3. The van der Waals surface area contributed by atoms with Crippen molar-refractivity contribution in [3.8, 4) is 5.75 Å². The van der Waals surface area contributed by atoms with Gasteiger partial charge >= 0.3 is 5.97 Å². The van der Waals surface area contributed by atoms with Gasteiger partial charge in [-0.1, -0.05) is 11.6 Å². The van der Waals surface area contributed by atoms with E-state index < -0.39 is 12.0 Å². The molecule has 1 aromatic carbocycles. The second kappa shape index (κ2) is 4.72. The van der Waals surface area contributed by atoms with E-state index in [4.69, 9.17) is 27.2 Å². The Kier molecular flexibility index (Phi) is 3.78. The van der Waals surface area contributed by atoms with Crippen LogP contribution < -0.4 is 10.5 Å². The molecule has 1 aromatic rings. The molecule has 1 rings (SSSR count). The Labute approximate surface area is 99.0 Å². The first-order chi connectivity index (χ1) is 7.40. The summed E-state index contributed by atoms with van der Waals surface area (Å²) >= 11 is 5.99. The third-order valence-electron chi connectivity index (χ3n) is 2.61. The Balaban J connectivity index is 3.44. The van der Waals surface area contributed by atoms with Gasteiger partial charge in [-0.15, -0.1) is 0 Å². The van der Waals surface area contributed by atoms with Crippen LogP contribution in [-0.4, -0.2) is 18.2 Å². The summed E-state index contributed by atoms with van der Waals surface area (Å²) in [5.74, 6) is -0.630. The van der Waals surface area contributed by atoms with Gasteiger partial charge < -0.3 is 15.6 Å². The second-order valence-corrected chi connectivity index (χ2v) is 3.95. The number of ether oxygens (including phenoxy) is 1. The first kappa shape index (κ1) is 12.8. The Hall–Kier alpha value is -1.26. The van der Waals surface area contributed by atoms with Gasteiger partial charge in [0.2, 0.25) is 0 Å². The van der Waals surface area contributed by atoms with Crippen molar-refractivity contribution in [1.29, 1.82) is 0 Å². The van der Waals surface area contributed by atoms with Gasteiger partial charge in [0.25, 0.3) is 0 Å².